The van der Waals surface area contributed by atoms with Gasteiger partial charge in [-0.15, -0.1) is 0 Å². The van der Waals surface area contributed by atoms with Gasteiger partial charge in [0.1, 0.15) is 10.1 Å². The monoisotopic (exact) mass is 332 g/mol. The maximum absolute atomic E-state index is 10.8. The van der Waals surface area contributed by atoms with Gasteiger partial charge in [-0.3, -0.25) is 0 Å². The standard InChI is InChI=1S/C11H16N2O5S.2Na/c1-7-5-9(19(16,17)18)3-4-10(7)13-12-8(2)6-11(14)15;;/h3-5,8,12-13H,6H2,1-2H3,(H,14,15)(H,16,17,18);;/q;2*+1/p-2. The maximum atomic E-state index is 10.8. The molecule has 0 bridgehead atoms. The fraction of sp³-hybridized carbons (Fsp3) is 0.364. The van der Waals surface area contributed by atoms with Crippen molar-refractivity contribution in [1.29, 1.82) is 0 Å². The Kier molecular flexibility index (Phi) is 11.5. The second-order valence-electron chi connectivity index (χ2n) is 4.18. The predicted octanol–water partition coefficient (Wildman–Crippen LogP) is -6.65. The van der Waals surface area contributed by atoms with E-state index in [0.29, 0.717) is 11.3 Å². The Bertz CT molecular complexity index is 580. The van der Waals surface area contributed by atoms with Crippen molar-refractivity contribution >= 4 is 21.8 Å². The molecule has 1 aromatic rings. The fourth-order valence-corrected chi connectivity index (χ4v) is 1.99. The number of carboxylic acid groups (broad SMARTS) is 1. The number of hydrogen-bond acceptors (Lipinski definition) is 7. The third-order valence-electron chi connectivity index (χ3n) is 2.41. The van der Waals surface area contributed by atoms with Gasteiger partial charge in [-0.2, -0.15) is 0 Å². The van der Waals surface area contributed by atoms with E-state index in [2.05, 4.69) is 10.9 Å². The zero-order valence-corrected chi connectivity index (χ0v) is 17.3. The molecule has 1 unspecified atom stereocenters. The van der Waals surface area contributed by atoms with Crippen molar-refractivity contribution in [3.8, 4) is 0 Å². The van der Waals surface area contributed by atoms with E-state index < -0.39 is 16.1 Å². The summed E-state index contributed by atoms with van der Waals surface area (Å²) in [6.07, 6.45) is -0.168. The molecule has 0 heterocycles. The number of carbonyl (C=O) groups is 1. The molecule has 1 rings (SSSR count). The molecule has 106 valence electrons. The summed E-state index contributed by atoms with van der Waals surface area (Å²) < 4.78 is 32.5. The van der Waals surface area contributed by atoms with Crippen LogP contribution in [0.1, 0.15) is 18.9 Å². The second-order valence-corrected chi connectivity index (χ2v) is 5.56. The molecule has 0 aromatic heterocycles. The molecule has 1 aromatic carbocycles. The molecule has 0 amide bonds. The van der Waals surface area contributed by atoms with Crippen LogP contribution in [0.5, 0.6) is 0 Å². The van der Waals surface area contributed by atoms with E-state index in [0.717, 1.165) is 0 Å². The number of nitrogens with one attached hydrogen (secondary N) is 2. The van der Waals surface area contributed by atoms with Gasteiger partial charge in [0, 0.05) is 18.4 Å². The first-order valence-electron chi connectivity index (χ1n) is 5.48. The third kappa shape index (κ3) is 8.53. The average molecular weight is 332 g/mol. The van der Waals surface area contributed by atoms with Gasteiger partial charge in [-0.25, -0.2) is 13.8 Å². The molecule has 10 heteroatoms. The smallest absolute Gasteiger partial charge is 0.744 e. The van der Waals surface area contributed by atoms with Gasteiger partial charge in [0.05, 0.1) is 10.6 Å². The van der Waals surface area contributed by atoms with Gasteiger partial charge in [0.25, 0.3) is 0 Å². The van der Waals surface area contributed by atoms with Crippen molar-refractivity contribution in [2.75, 3.05) is 5.43 Å². The number of rotatable bonds is 6. The number of carbonyl (C=O) groups excluding carboxylic acids is 1. The minimum atomic E-state index is -4.47. The number of hydrogen-bond donors (Lipinski definition) is 2. The zero-order valence-electron chi connectivity index (χ0n) is 12.5. The van der Waals surface area contributed by atoms with Crippen LogP contribution in [-0.2, 0) is 14.9 Å². The fourth-order valence-electron chi connectivity index (χ4n) is 1.43. The van der Waals surface area contributed by atoms with Crippen LogP contribution < -0.4 is 75.1 Å². The van der Waals surface area contributed by atoms with E-state index in [1.54, 1.807) is 13.8 Å². The van der Waals surface area contributed by atoms with Crippen LogP contribution in [0.15, 0.2) is 23.1 Å². The second kappa shape index (κ2) is 10.2. The number of aliphatic carboxylic acids is 1. The van der Waals surface area contributed by atoms with E-state index in [4.69, 9.17) is 0 Å². The van der Waals surface area contributed by atoms with Crippen LogP contribution in [0.3, 0.4) is 0 Å². The summed E-state index contributed by atoms with van der Waals surface area (Å²) >= 11 is 0. The molecule has 1 atom stereocenters. The first kappa shape index (κ1) is 23.6. The van der Waals surface area contributed by atoms with E-state index in [1.807, 2.05) is 0 Å². The molecule has 0 aliphatic heterocycles. The summed E-state index contributed by atoms with van der Waals surface area (Å²) in [7, 11) is -4.47. The van der Waals surface area contributed by atoms with Crippen molar-refractivity contribution in [3.63, 3.8) is 0 Å². The Labute approximate surface area is 168 Å². The Morgan fingerprint density at radius 2 is 1.90 bits per heavy atom. The van der Waals surface area contributed by atoms with Crippen molar-refractivity contribution in [1.82, 2.24) is 5.43 Å². The molecule has 0 spiro atoms. The van der Waals surface area contributed by atoms with Crippen LogP contribution in [0, 0.1) is 6.92 Å². The first-order valence-corrected chi connectivity index (χ1v) is 6.89. The SMILES string of the molecule is Cc1cc(S(=O)(=O)[O-])ccc1NNC(C)CC(=O)[O-].[Na+].[Na+]. The van der Waals surface area contributed by atoms with Gasteiger partial charge >= 0.3 is 59.1 Å². The van der Waals surface area contributed by atoms with Gasteiger partial charge < -0.3 is 19.9 Å². The molecule has 21 heavy (non-hydrogen) atoms. The number of carboxylic acids is 1. The Balaban J connectivity index is 0. The number of hydrazine groups is 1. The van der Waals surface area contributed by atoms with Gasteiger partial charge in [0.2, 0.25) is 0 Å². The Hall–Kier alpha value is 0.360. The molecule has 0 saturated carbocycles. The zero-order chi connectivity index (χ0) is 14.6. The van der Waals surface area contributed by atoms with Crippen molar-refractivity contribution in [2.45, 2.75) is 31.2 Å². The summed E-state index contributed by atoms with van der Waals surface area (Å²) in [5, 5.41) is 10.4. The average Bonchev–Trinajstić information content (AvgIpc) is 2.25. The summed E-state index contributed by atoms with van der Waals surface area (Å²) in [4.78, 5) is 10.1. The Morgan fingerprint density at radius 1 is 1.33 bits per heavy atom. The van der Waals surface area contributed by atoms with E-state index in [1.165, 1.54) is 18.2 Å². The predicted molar refractivity (Wildman–Crippen MR) is 65.0 cm³/mol. The number of aryl methyl sites for hydroxylation is 1. The molecule has 0 saturated heterocycles. The minimum absolute atomic E-state index is 0. The van der Waals surface area contributed by atoms with Crippen LogP contribution >= 0.6 is 0 Å². The third-order valence-corrected chi connectivity index (χ3v) is 3.24. The van der Waals surface area contributed by atoms with E-state index in [9.17, 15) is 22.9 Å². The van der Waals surface area contributed by atoms with Gasteiger partial charge in [0.15, 0.2) is 0 Å². The molecular weight excluding hydrogens is 318 g/mol. The normalized spacial score (nSPS) is 11.8. The molecular formula is C11H14N2Na2O5S. The summed E-state index contributed by atoms with van der Waals surface area (Å²) in [6, 6.07) is 3.49. The van der Waals surface area contributed by atoms with Crippen molar-refractivity contribution < 1.29 is 82.0 Å². The number of anilines is 1. The minimum Gasteiger partial charge on any atom is -0.744 e. The largest absolute Gasteiger partial charge is 1.00 e. The van der Waals surface area contributed by atoms with Crippen LogP contribution in [-0.4, -0.2) is 25.0 Å². The molecule has 7 nitrogen and oxygen atoms in total. The molecule has 0 fully saturated rings. The van der Waals surface area contributed by atoms with Crippen LogP contribution in [0.4, 0.5) is 5.69 Å². The number of benzene rings is 1. The molecule has 2 N–H and O–H groups in total. The molecule has 0 radical (unpaired) electrons. The maximum Gasteiger partial charge on any atom is 1.00 e. The van der Waals surface area contributed by atoms with Crippen molar-refractivity contribution in [3.05, 3.63) is 23.8 Å². The molecule has 0 aliphatic carbocycles. The van der Waals surface area contributed by atoms with Crippen LogP contribution in [0.2, 0.25) is 0 Å². The van der Waals surface area contributed by atoms with E-state index >= 15 is 0 Å². The summed E-state index contributed by atoms with van der Waals surface area (Å²) in [5.41, 5.74) is 6.59. The van der Waals surface area contributed by atoms with E-state index in [-0.39, 0.29) is 76.5 Å². The van der Waals surface area contributed by atoms with Gasteiger partial charge in [-0.05, 0) is 37.6 Å². The van der Waals surface area contributed by atoms with Gasteiger partial charge in [-0.1, -0.05) is 0 Å². The quantitative estimate of drug-likeness (QED) is 0.302. The summed E-state index contributed by atoms with van der Waals surface area (Å²) in [5.74, 6) is -1.17. The van der Waals surface area contributed by atoms with Crippen molar-refractivity contribution in [2.24, 2.45) is 0 Å². The topological polar surface area (TPSA) is 121 Å². The summed E-state index contributed by atoms with van der Waals surface area (Å²) in [6.45, 7) is 3.27. The first-order chi connectivity index (χ1) is 8.70. The van der Waals surface area contributed by atoms with Crippen LogP contribution in [0.25, 0.3) is 0 Å². The Morgan fingerprint density at radius 3 is 2.33 bits per heavy atom. The molecule has 0 aliphatic rings.